The Morgan fingerprint density at radius 2 is 2.19 bits per heavy atom. The van der Waals surface area contributed by atoms with Crippen LogP contribution in [0.1, 0.15) is 28.9 Å². The summed E-state index contributed by atoms with van der Waals surface area (Å²) < 4.78 is 0. The highest BCUT2D eigenvalue weighted by atomic mass is 35.5. The van der Waals surface area contributed by atoms with Crippen molar-refractivity contribution in [2.24, 2.45) is 5.73 Å². The van der Waals surface area contributed by atoms with E-state index in [1.54, 1.807) is 18.5 Å². The van der Waals surface area contributed by atoms with E-state index in [0.29, 0.717) is 5.69 Å². The minimum absolute atomic E-state index is 0.184. The third-order valence-corrected chi connectivity index (χ3v) is 3.17. The van der Waals surface area contributed by atoms with Crippen LogP contribution < -0.4 is 16.4 Å². The van der Waals surface area contributed by atoms with Crippen LogP contribution in [-0.4, -0.2) is 22.1 Å². The summed E-state index contributed by atoms with van der Waals surface area (Å²) in [5.74, 6) is -0.621. The lowest BCUT2D eigenvalue weighted by molar-refractivity contribution is 0.100. The number of nitrogens with zero attached hydrogens (tertiary/aromatic N) is 1. The number of carbonyl (C=O) groups is 2. The van der Waals surface area contributed by atoms with Crippen LogP contribution in [0, 0.1) is 0 Å². The smallest absolute Gasteiger partial charge is 0.319 e. The monoisotopic (exact) mass is 307 g/mol. The van der Waals surface area contributed by atoms with Gasteiger partial charge in [-0.3, -0.25) is 9.89 Å². The first-order valence-corrected chi connectivity index (χ1v) is 6.50. The summed E-state index contributed by atoms with van der Waals surface area (Å²) >= 11 is 5.91. The SMILES string of the molecule is C[C@H](NC(=O)Nc1ccc(C(N)=O)c(Cl)c1)c1cn[nH]c1. The summed E-state index contributed by atoms with van der Waals surface area (Å²) in [4.78, 5) is 22.9. The van der Waals surface area contributed by atoms with E-state index in [0.717, 1.165) is 5.56 Å². The summed E-state index contributed by atoms with van der Waals surface area (Å²) in [6.45, 7) is 1.83. The topological polar surface area (TPSA) is 113 Å². The number of rotatable bonds is 4. The van der Waals surface area contributed by atoms with Crippen molar-refractivity contribution in [2.75, 3.05) is 5.32 Å². The summed E-state index contributed by atoms with van der Waals surface area (Å²) in [6, 6.07) is 3.87. The molecule has 0 spiro atoms. The lowest BCUT2D eigenvalue weighted by Gasteiger charge is -2.13. The zero-order chi connectivity index (χ0) is 15.4. The molecule has 0 saturated heterocycles. The van der Waals surface area contributed by atoms with Crippen LogP contribution in [0.15, 0.2) is 30.6 Å². The largest absolute Gasteiger partial charge is 0.366 e. The van der Waals surface area contributed by atoms with Crippen LogP contribution in [0.2, 0.25) is 5.02 Å². The summed E-state index contributed by atoms with van der Waals surface area (Å²) in [7, 11) is 0. The van der Waals surface area contributed by atoms with Crippen molar-refractivity contribution >= 4 is 29.2 Å². The number of amides is 3. The van der Waals surface area contributed by atoms with Crippen molar-refractivity contribution in [1.29, 1.82) is 0 Å². The molecule has 0 aliphatic rings. The normalized spacial score (nSPS) is 11.7. The summed E-state index contributed by atoms with van der Waals surface area (Å²) in [5, 5.41) is 12.0. The number of hydrogen-bond donors (Lipinski definition) is 4. The first-order valence-electron chi connectivity index (χ1n) is 6.13. The predicted octanol–water partition coefficient (Wildman–Crippen LogP) is 2.04. The first kappa shape index (κ1) is 14.9. The zero-order valence-electron chi connectivity index (χ0n) is 11.2. The van der Waals surface area contributed by atoms with Gasteiger partial charge >= 0.3 is 6.03 Å². The molecule has 1 heterocycles. The third-order valence-electron chi connectivity index (χ3n) is 2.86. The molecule has 0 radical (unpaired) electrons. The highest BCUT2D eigenvalue weighted by Gasteiger charge is 2.12. The number of benzene rings is 1. The van der Waals surface area contributed by atoms with E-state index in [9.17, 15) is 9.59 Å². The Kier molecular flexibility index (Phi) is 4.44. The molecule has 0 saturated carbocycles. The maximum absolute atomic E-state index is 11.9. The van der Waals surface area contributed by atoms with E-state index in [2.05, 4.69) is 20.8 Å². The van der Waals surface area contributed by atoms with Gasteiger partial charge in [-0.1, -0.05) is 11.6 Å². The number of nitrogens with one attached hydrogen (secondary N) is 3. The molecule has 0 unspecified atom stereocenters. The fraction of sp³-hybridized carbons (Fsp3) is 0.154. The Morgan fingerprint density at radius 3 is 2.76 bits per heavy atom. The van der Waals surface area contributed by atoms with E-state index < -0.39 is 11.9 Å². The lowest BCUT2D eigenvalue weighted by atomic mass is 10.2. The molecule has 1 aromatic heterocycles. The first-order chi connectivity index (χ1) is 9.97. The van der Waals surface area contributed by atoms with Crippen LogP contribution in [0.3, 0.4) is 0 Å². The Hall–Kier alpha value is -2.54. The molecule has 2 aromatic rings. The lowest BCUT2D eigenvalue weighted by Crippen LogP contribution is -2.31. The number of urea groups is 1. The highest BCUT2D eigenvalue weighted by molar-refractivity contribution is 6.34. The van der Waals surface area contributed by atoms with Crippen molar-refractivity contribution in [1.82, 2.24) is 15.5 Å². The Bertz CT molecular complexity index is 657. The number of carbonyl (C=O) groups excluding carboxylic acids is 2. The maximum Gasteiger partial charge on any atom is 0.319 e. The van der Waals surface area contributed by atoms with Gasteiger partial charge in [0.25, 0.3) is 0 Å². The molecule has 7 nitrogen and oxygen atoms in total. The number of primary amides is 1. The van der Waals surface area contributed by atoms with Gasteiger partial charge in [-0.15, -0.1) is 0 Å². The number of aromatic amines is 1. The van der Waals surface area contributed by atoms with E-state index in [1.807, 2.05) is 6.92 Å². The van der Waals surface area contributed by atoms with Gasteiger partial charge in [0.2, 0.25) is 5.91 Å². The number of aromatic nitrogens is 2. The Balaban J connectivity index is 2.00. The molecule has 1 aromatic carbocycles. The Morgan fingerprint density at radius 1 is 1.43 bits per heavy atom. The molecule has 3 amide bonds. The molecule has 0 aliphatic heterocycles. The van der Waals surface area contributed by atoms with Gasteiger partial charge < -0.3 is 16.4 Å². The highest BCUT2D eigenvalue weighted by Crippen LogP contribution is 2.20. The second-order valence-corrected chi connectivity index (χ2v) is 4.82. The van der Waals surface area contributed by atoms with Gasteiger partial charge in [0.15, 0.2) is 0 Å². The van der Waals surface area contributed by atoms with Crippen LogP contribution in [0.4, 0.5) is 10.5 Å². The molecule has 0 bridgehead atoms. The molecule has 1 atom stereocenters. The van der Waals surface area contributed by atoms with Crippen LogP contribution in [-0.2, 0) is 0 Å². The average Bonchev–Trinajstić information content (AvgIpc) is 2.91. The molecule has 21 heavy (non-hydrogen) atoms. The van der Waals surface area contributed by atoms with Crippen molar-refractivity contribution in [3.8, 4) is 0 Å². The minimum Gasteiger partial charge on any atom is -0.366 e. The number of anilines is 1. The molecule has 2 rings (SSSR count). The van der Waals surface area contributed by atoms with Crippen molar-refractivity contribution in [2.45, 2.75) is 13.0 Å². The number of nitrogens with two attached hydrogens (primary N) is 1. The van der Waals surface area contributed by atoms with Gasteiger partial charge in [0.1, 0.15) is 0 Å². The van der Waals surface area contributed by atoms with Crippen molar-refractivity contribution in [3.63, 3.8) is 0 Å². The molecule has 0 fully saturated rings. The Labute approximate surface area is 125 Å². The number of halogens is 1. The summed E-state index contributed by atoms with van der Waals surface area (Å²) in [5.41, 5.74) is 6.67. The second-order valence-electron chi connectivity index (χ2n) is 4.41. The van der Waals surface area contributed by atoms with E-state index in [1.165, 1.54) is 12.1 Å². The number of H-pyrrole nitrogens is 1. The van der Waals surface area contributed by atoms with E-state index in [4.69, 9.17) is 17.3 Å². The van der Waals surface area contributed by atoms with Gasteiger partial charge in [-0.2, -0.15) is 5.10 Å². The van der Waals surface area contributed by atoms with Crippen LogP contribution >= 0.6 is 11.6 Å². The average molecular weight is 308 g/mol. The van der Waals surface area contributed by atoms with Crippen LogP contribution in [0.5, 0.6) is 0 Å². The van der Waals surface area contributed by atoms with Gasteiger partial charge in [-0.05, 0) is 25.1 Å². The van der Waals surface area contributed by atoms with E-state index in [-0.39, 0.29) is 16.6 Å². The maximum atomic E-state index is 11.9. The minimum atomic E-state index is -0.621. The molecular weight excluding hydrogens is 294 g/mol. The van der Waals surface area contributed by atoms with Crippen LogP contribution in [0.25, 0.3) is 0 Å². The molecular formula is C13H14ClN5O2. The molecule has 110 valence electrons. The molecule has 5 N–H and O–H groups in total. The van der Waals surface area contributed by atoms with Gasteiger partial charge in [0.05, 0.1) is 22.8 Å². The van der Waals surface area contributed by atoms with E-state index >= 15 is 0 Å². The molecule has 8 heteroatoms. The zero-order valence-corrected chi connectivity index (χ0v) is 11.9. The summed E-state index contributed by atoms with van der Waals surface area (Å²) in [6.07, 6.45) is 3.33. The number of hydrogen-bond acceptors (Lipinski definition) is 3. The second kappa shape index (κ2) is 6.27. The third kappa shape index (κ3) is 3.73. The fourth-order valence-corrected chi connectivity index (χ4v) is 2.01. The quantitative estimate of drug-likeness (QED) is 0.693. The fourth-order valence-electron chi connectivity index (χ4n) is 1.74. The van der Waals surface area contributed by atoms with Gasteiger partial charge in [-0.25, -0.2) is 4.79 Å². The van der Waals surface area contributed by atoms with Crippen molar-refractivity contribution < 1.29 is 9.59 Å². The van der Waals surface area contributed by atoms with Gasteiger partial charge in [0, 0.05) is 17.4 Å². The molecule has 0 aliphatic carbocycles. The predicted molar refractivity (Wildman–Crippen MR) is 79.1 cm³/mol. The van der Waals surface area contributed by atoms with Crippen molar-refractivity contribution in [3.05, 3.63) is 46.7 Å². The standard InChI is InChI=1S/C13H14ClN5O2/c1-7(8-5-16-17-6-8)18-13(21)19-9-2-3-10(12(15)20)11(14)4-9/h2-7H,1H3,(H2,15,20)(H,16,17)(H2,18,19,21)/t7-/m0/s1.